The number of aryl methyl sites for hydroxylation is 2. The Balaban J connectivity index is 0.000000210. The molecular weight excluding hydrogens is 1340 g/mol. The number of carbonyl (C=O) groups is 3. The van der Waals surface area contributed by atoms with E-state index in [-0.39, 0.29) is 92.6 Å². The van der Waals surface area contributed by atoms with Crippen LogP contribution in [0, 0.1) is 25.5 Å². The largest absolute Gasteiger partial charge is 0.369 e. The third-order valence-corrected chi connectivity index (χ3v) is 16.0. The molecule has 101 heavy (non-hydrogen) atoms. The Hall–Kier alpha value is -11.0. The van der Waals surface area contributed by atoms with Gasteiger partial charge in [-0.1, -0.05) is 63.2 Å². The summed E-state index contributed by atoms with van der Waals surface area (Å²) in [6.07, 6.45) is 17.5. The molecule has 9 aromatic heterocycles. The molecular formula is C72H79F2N21O3S3. The van der Waals surface area contributed by atoms with Crippen LogP contribution in [0.5, 0.6) is 0 Å². The zero-order chi connectivity index (χ0) is 69.4. The van der Waals surface area contributed by atoms with Crippen LogP contribution in [-0.2, 0) is 0 Å². The Morgan fingerprint density at radius 1 is 0.426 bits per heavy atom. The number of benzene rings is 3. The number of anilines is 4. The lowest BCUT2D eigenvalue weighted by Gasteiger charge is -2.17. The van der Waals surface area contributed by atoms with Crippen LogP contribution in [0.4, 0.5) is 32.2 Å². The molecule has 0 spiro atoms. The molecule has 0 unspecified atom stereocenters. The first-order valence-corrected chi connectivity index (χ1v) is 31.6. The lowest BCUT2D eigenvalue weighted by atomic mass is 9.95. The predicted octanol–water partition coefficient (Wildman–Crippen LogP) is 11.8. The number of aromatic nitrogens is 14. The second-order valence-electron chi connectivity index (χ2n) is 23.3. The molecule has 0 saturated carbocycles. The van der Waals surface area contributed by atoms with Gasteiger partial charge in [-0.05, 0) is 74.7 Å². The van der Waals surface area contributed by atoms with E-state index in [0.29, 0.717) is 76.5 Å². The van der Waals surface area contributed by atoms with E-state index >= 15 is 0 Å². The van der Waals surface area contributed by atoms with Crippen LogP contribution in [0.3, 0.4) is 0 Å². The summed E-state index contributed by atoms with van der Waals surface area (Å²) in [5.41, 5.74) is 11.3. The van der Waals surface area contributed by atoms with Crippen molar-refractivity contribution in [3.63, 3.8) is 0 Å². The van der Waals surface area contributed by atoms with E-state index in [2.05, 4.69) is 114 Å². The Labute approximate surface area is 604 Å². The summed E-state index contributed by atoms with van der Waals surface area (Å²) in [7, 11) is 4.62. The minimum absolute atomic E-state index is 0. The topological polar surface area (TPSA) is 316 Å². The van der Waals surface area contributed by atoms with Gasteiger partial charge in [-0.15, -0.1) is 0 Å². The first-order valence-electron chi connectivity index (χ1n) is 31.6. The van der Waals surface area contributed by atoms with Gasteiger partial charge < -0.3 is 37.2 Å². The molecule has 12 aromatic rings. The number of hydrogen-bond acceptors (Lipinski definition) is 21. The number of hydrogen-bond donors (Lipinski definition) is 7. The van der Waals surface area contributed by atoms with Crippen molar-refractivity contribution < 1.29 is 23.2 Å². The van der Waals surface area contributed by atoms with E-state index in [1.54, 1.807) is 62.4 Å². The van der Waals surface area contributed by atoms with E-state index in [4.69, 9.17) is 0 Å². The van der Waals surface area contributed by atoms with E-state index in [1.165, 1.54) is 51.4 Å². The van der Waals surface area contributed by atoms with Gasteiger partial charge >= 0.3 is 0 Å². The zero-order valence-corrected chi connectivity index (χ0v) is 60.2. The van der Waals surface area contributed by atoms with Crippen molar-refractivity contribution in [1.29, 1.82) is 0 Å². The van der Waals surface area contributed by atoms with Gasteiger partial charge in [0.05, 0.1) is 56.5 Å². The molecule has 3 atom stereocenters. The van der Waals surface area contributed by atoms with Crippen molar-refractivity contribution >= 4 is 114 Å². The van der Waals surface area contributed by atoms with Gasteiger partial charge in [-0.3, -0.25) is 34.3 Å². The molecule has 29 heteroatoms. The van der Waals surface area contributed by atoms with Crippen LogP contribution in [-0.4, -0.2) is 134 Å². The summed E-state index contributed by atoms with van der Waals surface area (Å²) < 4.78 is 28.9. The highest BCUT2D eigenvalue weighted by Crippen LogP contribution is 2.32. The minimum atomic E-state index is -0.640. The maximum atomic E-state index is 14.6. The van der Waals surface area contributed by atoms with Crippen LogP contribution in [0.15, 0.2) is 160 Å². The molecule has 24 nitrogen and oxygen atoms in total. The summed E-state index contributed by atoms with van der Waals surface area (Å²) in [5.74, 6) is 1.36. The molecule has 0 bridgehead atoms. The molecule has 0 aliphatic carbocycles. The Morgan fingerprint density at radius 2 is 0.881 bits per heavy atom. The van der Waals surface area contributed by atoms with Crippen LogP contribution in [0.25, 0.3) is 66.5 Å². The molecule has 9 heterocycles. The van der Waals surface area contributed by atoms with Gasteiger partial charge in [0, 0.05) is 165 Å². The summed E-state index contributed by atoms with van der Waals surface area (Å²) >= 11 is 0. The molecule has 3 amide bonds. The smallest absolute Gasteiger partial charge is 0.254 e. The standard InChI is InChI=1S/C25H28N8O.C24H23FN6O.C23H22FN7O.3H2S/c1-15(2)33-25-29-12-17(13-30-25)21-10-22(32-14-31-21)28-11-16(3)18-6-5-7-19-20(24(34)26-4)8-9-27-23(18)19;1-14(10-28-21-9-20(30-13-31-21)16-8-7-15(2)27-11-16)17-5-4-6-18-22(24(32)26-3)19(25)12-29-23(17)18;1-13(9-29-20-8-19(30-12-31-20)15-10-27-14(2)28-11-15)16-4-5-18(24)21-17(23(32)25-3)6-7-26-22(16)21;;;/h5-10,12-16H,11H2,1-4H3,(H,26,34)(H,28,31,32)(H,29,30,33);4-9,11-14H,10H2,1-3H3,(H,26,32)(H,28,30,31);4-8,10-13H,9H2,1-3H3,(H,25,32)(H,29,30,31);3*1H2/t16-;14-;13-;;;/m111.../s1. The van der Waals surface area contributed by atoms with Crippen molar-refractivity contribution in [3.8, 4) is 33.8 Å². The molecule has 0 saturated heterocycles. The molecule has 3 aromatic carbocycles. The summed E-state index contributed by atoms with van der Waals surface area (Å²) in [6.45, 7) is 15.7. The van der Waals surface area contributed by atoms with Gasteiger partial charge in [0.25, 0.3) is 17.7 Å². The van der Waals surface area contributed by atoms with Gasteiger partial charge in [-0.2, -0.15) is 40.5 Å². The average Bonchev–Trinajstić information content (AvgIpc) is 0.783. The van der Waals surface area contributed by atoms with Crippen molar-refractivity contribution in [2.75, 3.05) is 62.0 Å². The van der Waals surface area contributed by atoms with E-state index in [0.717, 1.165) is 67.6 Å². The highest BCUT2D eigenvalue weighted by atomic mass is 32.1. The highest BCUT2D eigenvalue weighted by molar-refractivity contribution is 7.59. The summed E-state index contributed by atoms with van der Waals surface area (Å²) in [4.78, 5) is 97.2. The van der Waals surface area contributed by atoms with Crippen LogP contribution < -0.4 is 37.2 Å². The SMILES string of the molecule is CNC(=O)c1c(F)cnc2c([C@H](C)CNc3cc(-c4ccc(C)nc4)ncn3)cccc12.CNC(=O)c1ccnc2c([C@H](C)CNc3cc(-c4cnc(C)nc4)ncn3)ccc(F)c12.CNC(=O)c1ccnc2c([C@H](C)CNc3cc(-c4cnc(NC(C)C)nc4)ncn3)cccc12.S.S.S. The third kappa shape index (κ3) is 19.0. The molecule has 522 valence electrons. The second kappa shape index (κ2) is 36.2. The maximum Gasteiger partial charge on any atom is 0.254 e. The lowest BCUT2D eigenvalue weighted by molar-refractivity contribution is 0.0953. The van der Waals surface area contributed by atoms with Crippen molar-refractivity contribution in [2.24, 2.45) is 0 Å². The third-order valence-electron chi connectivity index (χ3n) is 16.0. The average molecular weight is 1420 g/mol. The molecule has 12 rings (SSSR count). The number of amides is 3. The van der Waals surface area contributed by atoms with Crippen LogP contribution in [0.2, 0.25) is 0 Å². The number of nitrogens with one attached hydrogen (secondary N) is 7. The fourth-order valence-electron chi connectivity index (χ4n) is 10.7. The van der Waals surface area contributed by atoms with Crippen molar-refractivity contribution in [2.45, 2.75) is 72.3 Å². The van der Waals surface area contributed by atoms with Gasteiger partial charge in [0.15, 0.2) is 5.82 Å². The van der Waals surface area contributed by atoms with Gasteiger partial charge in [0.2, 0.25) is 5.95 Å². The van der Waals surface area contributed by atoms with Gasteiger partial charge in [0.1, 0.15) is 48.1 Å². The number of fused-ring (bicyclic) bond motifs is 3. The minimum Gasteiger partial charge on any atom is -0.369 e. The van der Waals surface area contributed by atoms with Crippen LogP contribution >= 0.6 is 40.5 Å². The fraction of sp³-hybridized carbons (Fsp3) is 0.236. The fourth-order valence-corrected chi connectivity index (χ4v) is 10.7. The van der Waals surface area contributed by atoms with E-state index in [1.807, 2.05) is 102 Å². The molecule has 0 radical (unpaired) electrons. The Kier molecular flexibility index (Phi) is 27.7. The van der Waals surface area contributed by atoms with Crippen molar-refractivity contribution in [3.05, 3.63) is 216 Å². The van der Waals surface area contributed by atoms with Crippen molar-refractivity contribution in [1.82, 2.24) is 85.7 Å². The van der Waals surface area contributed by atoms with Gasteiger partial charge in [-0.25, -0.2) is 58.6 Å². The number of rotatable bonds is 20. The zero-order valence-electron chi connectivity index (χ0n) is 57.2. The number of para-hydroxylation sites is 2. The predicted molar refractivity (Wildman–Crippen MR) is 407 cm³/mol. The summed E-state index contributed by atoms with van der Waals surface area (Å²) in [6, 6.07) is 27.5. The first kappa shape index (κ1) is 77.3. The Morgan fingerprint density at radius 3 is 1.39 bits per heavy atom. The first-order chi connectivity index (χ1) is 47.4. The van der Waals surface area contributed by atoms with Crippen LogP contribution in [0.1, 0.15) is 112 Å². The number of nitrogens with zero attached hydrogens (tertiary/aromatic N) is 14. The number of halogens is 2. The number of carbonyl (C=O) groups excluding carboxylic acids is 3. The molecule has 0 aliphatic rings. The monoisotopic (exact) mass is 1420 g/mol. The number of pyridine rings is 4. The summed E-state index contributed by atoms with van der Waals surface area (Å²) in [5, 5.41) is 22.5. The highest BCUT2D eigenvalue weighted by Gasteiger charge is 2.22. The molecule has 0 fully saturated rings. The second-order valence-corrected chi connectivity index (χ2v) is 23.3. The molecule has 7 N–H and O–H groups in total. The van der Waals surface area contributed by atoms with E-state index < -0.39 is 17.5 Å². The normalized spacial score (nSPS) is 11.5. The lowest BCUT2D eigenvalue weighted by Crippen LogP contribution is -2.20. The quantitative estimate of drug-likeness (QED) is 0.0373. The molecule has 0 aliphatic heterocycles. The van der Waals surface area contributed by atoms with E-state index in [9.17, 15) is 23.2 Å². The Bertz CT molecular complexity index is 4820. The maximum absolute atomic E-state index is 14.6.